The van der Waals surface area contributed by atoms with E-state index >= 15 is 0 Å². The van der Waals surface area contributed by atoms with E-state index in [1.165, 1.54) is 0 Å². The van der Waals surface area contributed by atoms with Crippen LogP contribution in [0.3, 0.4) is 0 Å². The lowest BCUT2D eigenvalue weighted by Gasteiger charge is -2.18. The van der Waals surface area contributed by atoms with Gasteiger partial charge in [0.05, 0.1) is 6.61 Å². The van der Waals surface area contributed by atoms with Gasteiger partial charge in [-0.1, -0.05) is 20.8 Å². The third kappa shape index (κ3) is 5.57. The molecule has 4 heteroatoms. The predicted octanol–water partition coefficient (Wildman–Crippen LogP) is 3.25. The Morgan fingerprint density at radius 1 is 1.22 bits per heavy atom. The fraction of sp³-hybridized carbons (Fsp3) is 0.500. The van der Waals surface area contributed by atoms with E-state index in [1.807, 2.05) is 31.2 Å². The summed E-state index contributed by atoms with van der Waals surface area (Å²) in [4.78, 5) is 11.6. The molecular weight excluding hydrogens is 228 g/mol. The molecule has 2 amide bonds. The molecule has 4 nitrogen and oxygen atoms in total. The summed E-state index contributed by atoms with van der Waals surface area (Å²) in [5.41, 5.74) is 0.834. The molecular formula is C14H22N2O2. The van der Waals surface area contributed by atoms with E-state index in [1.54, 1.807) is 0 Å². The van der Waals surface area contributed by atoms with Crippen molar-refractivity contribution in [3.63, 3.8) is 0 Å². The maximum Gasteiger partial charge on any atom is 0.319 e. The molecule has 0 aliphatic carbocycles. The topological polar surface area (TPSA) is 50.4 Å². The van der Waals surface area contributed by atoms with Gasteiger partial charge in [0.25, 0.3) is 0 Å². The summed E-state index contributed by atoms with van der Waals surface area (Å²) in [6, 6.07) is 7.13. The summed E-state index contributed by atoms with van der Waals surface area (Å²) in [7, 11) is 0. The molecule has 0 unspecified atom stereocenters. The molecule has 0 spiro atoms. The Labute approximate surface area is 109 Å². The Balaban J connectivity index is 2.44. The first-order chi connectivity index (χ1) is 8.40. The predicted molar refractivity (Wildman–Crippen MR) is 74.1 cm³/mol. The Kier molecular flexibility index (Phi) is 5.01. The standard InChI is InChI=1S/C14H22N2O2/c1-5-18-12-8-6-11(7-9-12)16-13(17)15-10-14(2,3)4/h6-9H,5,10H2,1-4H3,(H2,15,16,17). The second-order valence-corrected chi connectivity index (χ2v) is 5.33. The van der Waals surface area contributed by atoms with Crippen molar-refractivity contribution in [3.05, 3.63) is 24.3 Å². The number of carbonyl (C=O) groups is 1. The van der Waals surface area contributed by atoms with Gasteiger partial charge in [-0.25, -0.2) is 4.79 Å². The van der Waals surface area contributed by atoms with Crippen LogP contribution in [0.5, 0.6) is 5.75 Å². The number of amides is 2. The van der Waals surface area contributed by atoms with Gasteiger partial charge in [0.1, 0.15) is 5.75 Å². The second kappa shape index (κ2) is 6.28. The van der Waals surface area contributed by atoms with Crippen molar-refractivity contribution in [2.24, 2.45) is 5.41 Å². The van der Waals surface area contributed by atoms with Crippen molar-refractivity contribution in [3.8, 4) is 5.75 Å². The molecule has 18 heavy (non-hydrogen) atoms. The zero-order chi connectivity index (χ0) is 13.6. The fourth-order valence-electron chi connectivity index (χ4n) is 1.32. The summed E-state index contributed by atoms with van der Waals surface area (Å²) >= 11 is 0. The summed E-state index contributed by atoms with van der Waals surface area (Å²) in [6.45, 7) is 9.43. The van der Waals surface area contributed by atoms with Gasteiger partial charge in [-0.3, -0.25) is 0 Å². The SMILES string of the molecule is CCOc1ccc(NC(=O)NCC(C)(C)C)cc1. The van der Waals surface area contributed by atoms with E-state index in [-0.39, 0.29) is 11.4 Å². The molecule has 0 saturated heterocycles. The molecule has 0 aliphatic rings. The summed E-state index contributed by atoms with van der Waals surface area (Å²) in [6.07, 6.45) is 0. The lowest BCUT2D eigenvalue weighted by Crippen LogP contribution is -2.35. The molecule has 1 aromatic carbocycles. The van der Waals surface area contributed by atoms with Gasteiger partial charge in [0.2, 0.25) is 0 Å². The monoisotopic (exact) mass is 250 g/mol. The van der Waals surface area contributed by atoms with E-state index in [0.29, 0.717) is 13.2 Å². The highest BCUT2D eigenvalue weighted by atomic mass is 16.5. The van der Waals surface area contributed by atoms with Crippen LogP contribution in [-0.4, -0.2) is 19.2 Å². The molecule has 0 fully saturated rings. The van der Waals surface area contributed by atoms with Gasteiger partial charge in [-0.15, -0.1) is 0 Å². The van der Waals surface area contributed by atoms with Crippen LogP contribution in [0.1, 0.15) is 27.7 Å². The molecule has 0 aliphatic heterocycles. The highest BCUT2D eigenvalue weighted by Gasteiger charge is 2.11. The van der Waals surface area contributed by atoms with Crippen molar-refractivity contribution in [1.82, 2.24) is 5.32 Å². The van der Waals surface area contributed by atoms with Gasteiger partial charge in [-0.2, -0.15) is 0 Å². The first-order valence-corrected chi connectivity index (χ1v) is 6.18. The molecule has 100 valence electrons. The molecule has 0 radical (unpaired) electrons. The van der Waals surface area contributed by atoms with Crippen molar-refractivity contribution in [1.29, 1.82) is 0 Å². The molecule has 0 atom stereocenters. The number of nitrogens with one attached hydrogen (secondary N) is 2. The van der Waals surface area contributed by atoms with Crippen LogP contribution in [0.4, 0.5) is 10.5 Å². The minimum Gasteiger partial charge on any atom is -0.494 e. The van der Waals surface area contributed by atoms with Crippen molar-refractivity contribution < 1.29 is 9.53 Å². The van der Waals surface area contributed by atoms with Crippen molar-refractivity contribution in [2.75, 3.05) is 18.5 Å². The number of carbonyl (C=O) groups excluding carboxylic acids is 1. The minimum atomic E-state index is -0.186. The van der Waals surface area contributed by atoms with Gasteiger partial charge < -0.3 is 15.4 Å². The fourth-order valence-corrected chi connectivity index (χ4v) is 1.32. The van der Waals surface area contributed by atoms with Crippen LogP contribution in [0.15, 0.2) is 24.3 Å². The number of benzene rings is 1. The normalized spacial score (nSPS) is 10.9. The van der Waals surface area contributed by atoms with Crippen LogP contribution in [-0.2, 0) is 0 Å². The van der Waals surface area contributed by atoms with Crippen LogP contribution < -0.4 is 15.4 Å². The molecule has 0 bridgehead atoms. The average Bonchev–Trinajstić information content (AvgIpc) is 2.29. The van der Waals surface area contributed by atoms with E-state index in [9.17, 15) is 4.79 Å². The molecule has 2 N–H and O–H groups in total. The second-order valence-electron chi connectivity index (χ2n) is 5.33. The maximum atomic E-state index is 11.6. The van der Waals surface area contributed by atoms with Crippen LogP contribution in [0, 0.1) is 5.41 Å². The first kappa shape index (κ1) is 14.4. The zero-order valence-electron chi connectivity index (χ0n) is 11.5. The largest absolute Gasteiger partial charge is 0.494 e. The van der Waals surface area contributed by atoms with Gasteiger partial charge in [-0.05, 0) is 36.6 Å². The molecule has 0 heterocycles. The van der Waals surface area contributed by atoms with E-state index < -0.39 is 0 Å². The highest BCUT2D eigenvalue weighted by Crippen LogP contribution is 2.15. The molecule has 0 aromatic heterocycles. The van der Waals surface area contributed by atoms with E-state index in [2.05, 4.69) is 31.4 Å². The third-order valence-corrected chi connectivity index (χ3v) is 2.20. The van der Waals surface area contributed by atoms with Gasteiger partial charge in [0.15, 0.2) is 0 Å². The highest BCUT2D eigenvalue weighted by molar-refractivity contribution is 5.89. The van der Waals surface area contributed by atoms with Crippen molar-refractivity contribution >= 4 is 11.7 Å². The maximum absolute atomic E-state index is 11.6. The quantitative estimate of drug-likeness (QED) is 0.861. The minimum absolute atomic E-state index is 0.0795. The zero-order valence-corrected chi connectivity index (χ0v) is 11.5. The van der Waals surface area contributed by atoms with Crippen molar-refractivity contribution in [2.45, 2.75) is 27.7 Å². The van der Waals surface area contributed by atoms with Gasteiger partial charge in [0, 0.05) is 12.2 Å². The van der Waals surface area contributed by atoms with E-state index in [0.717, 1.165) is 11.4 Å². The molecule has 1 aromatic rings. The number of ether oxygens (including phenoxy) is 1. The Morgan fingerprint density at radius 2 is 1.83 bits per heavy atom. The number of urea groups is 1. The number of hydrogen-bond donors (Lipinski definition) is 2. The summed E-state index contributed by atoms with van der Waals surface area (Å²) in [5, 5.41) is 5.61. The van der Waals surface area contributed by atoms with Crippen LogP contribution >= 0.6 is 0 Å². The summed E-state index contributed by atoms with van der Waals surface area (Å²) < 4.78 is 5.33. The number of anilines is 1. The molecule has 0 saturated carbocycles. The lowest BCUT2D eigenvalue weighted by molar-refractivity contribution is 0.247. The van der Waals surface area contributed by atoms with Crippen LogP contribution in [0.25, 0.3) is 0 Å². The number of rotatable bonds is 4. The summed E-state index contributed by atoms with van der Waals surface area (Å²) in [5.74, 6) is 0.804. The molecule has 1 rings (SSSR count). The number of hydrogen-bond acceptors (Lipinski definition) is 2. The first-order valence-electron chi connectivity index (χ1n) is 6.18. The Morgan fingerprint density at radius 3 is 2.33 bits per heavy atom. The van der Waals surface area contributed by atoms with Gasteiger partial charge >= 0.3 is 6.03 Å². The smallest absolute Gasteiger partial charge is 0.319 e. The Bertz CT molecular complexity index is 380. The average molecular weight is 250 g/mol. The Hall–Kier alpha value is -1.71. The van der Waals surface area contributed by atoms with Crippen LogP contribution in [0.2, 0.25) is 0 Å². The lowest BCUT2D eigenvalue weighted by atomic mass is 9.97. The third-order valence-electron chi connectivity index (χ3n) is 2.20. The van der Waals surface area contributed by atoms with E-state index in [4.69, 9.17) is 4.74 Å².